The third kappa shape index (κ3) is 4.39. The summed E-state index contributed by atoms with van der Waals surface area (Å²) in [4.78, 5) is 9.66. The first-order valence-corrected chi connectivity index (χ1v) is 18.4. The van der Waals surface area contributed by atoms with Crippen molar-refractivity contribution in [1.82, 2.24) is 9.97 Å². The molecule has 2 heteroatoms. The first-order chi connectivity index (χ1) is 26.0. The molecule has 11 rings (SSSR count). The second kappa shape index (κ2) is 11.2. The van der Waals surface area contributed by atoms with E-state index in [1.807, 2.05) is 18.5 Å². The molecule has 2 aromatic heterocycles. The van der Waals surface area contributed by atoms with Gasteiger partial charge in [0.15, 0.2) is 0 Å². The van der Waals surface area contributed by atoms with Gasteiger partial charge in [-0.15, -0.1) is 0 Å². The van der Waals surface area contributed by atoms with Crippen molar-refractivity contribution in [3.05, 3.63) is 181 Å². The van der Waals surface area contributed by atoms with Crippen LogP contribution in [0.4, 0.5) is 0 Å². The minimum Gasteiger partial charge on any atom is -0.264 e. The fourth-order valence-electron chi connectivity index (χ4n) is 9.21. The fraction of sp³-hybridized carbons (Fsp3) is 0.0588. The quantitative estimate of drug-likeness (QED) is 0.174. The van der Waals surface area contributed by atoms with Crippen molar-refractivity contribution in [2.45, 2.75) is 19.3 Å². The minimum absolute atomic E-state index is 0.160. The molecule has 0 saturated carbocycles. The molecule has 0 spiro atoms. The Labute approximate surface area is 308 Å². The molecule has 2 heterocycles. The van der Waals surface area contributed by atoms with Crippen LogP contribution in [-0.2, 0) is 5.41 Å². The van der Waals surface area contributed by atoms with Crippen molar-refractivity contribution >= 4 is 43.2 Å². The maximum absolute atomic E-state index is 5.25. The van der Waals surface area contributed by atoms with Crippen LogP contribution in [0.3, 0.4) is 0 Å². The van der Waals surface area contributed by atoms with Crippen LogP contribution in [0.25, 0.3) is 99.0 Å². The second-order valence-corrected chi connectivity index (χ2v) is 14.9. The van der Waals surface area contributed by atoms with E-state index >= 15 is 0 Å². The van der Waals surface area contributed by atoms with Gasteiger partial charge in [-0.3, -0.25) is 4.98 Å². The molecule has 0 amide bonds. The topological polar surface area (TPSA) is 25.8 Å². The Balaban J connectivity index is 1.03. The van der Waals surface area contributed by atoms with E-state index in [-0.39, 0.29) is 5.41 Å². The van der Waals surface area contributed by atoms with Crippen molar-refractivity contribution in [3.8, 4) is 55.8 Å². The lowest BCUT2D eigenvalue weighted by atomic mass is 9.78. The van der Waals surface area contributed by atoms with Gasteiger partial charge in [-0.2, -0.15) is 0 Å². The maximum atomic E-state index is 5.25. The van der Waals surface area contributed by atoms with Gasteiger partial charge < -0.3 is 0 Å². The standard InChI is InChI=1S/C51H34N2/c1-51(2)44-14-5-3-12-42(44)50-49(51)48(43-13-4-6-15-45(43)53-50)34-18-16-31(17-19-34)35-9-7-10-36(29-35)38-24-20-32-23-27-41-39(37-11-8-28-52-30-37)25-21-33-22-26-40(38)46(32)47(33)41/h3-30H,1-2H3. The van der Waals surface area contributed by atoms with Crippen LogP contribution in [0.15, 0.2) is 170 Å². The second-order valence-electron chi connectivity index (χ2n) is 14.9. The number of hydrogen-bond donors (Lipinski definition) is 0. The van der Waals surface area contributed by atoms with E-state index in [2.05, 4.69) is 170 Å². The minimum atomic E-state index is -0.160. The number of aromatic nitrogens is 2. The highest BCUT2D eigenvalue weighted by Crippen LogP contribution is 2.53. The zero-order valence-electron chi connectivity index (χ0n) is 29.6. The van der Waals surface area contributed by atoms with Crippen LogP contribution in [0.1, 0.15) is 25.0 Å². The SMILES string of the molecule is CC1(C)c2ccccc2-c2nc3ccccc3c(-c3ccc(-c4cccc(-c5ccc6ccc7c(-c8cccnc8)ccc8ccc5c6c87)c4)cc3)c21. The van der Waals surface area contributed by atoms with E-state index in [9.17, 15) is 0 Å². The van der Waals surface area contributed by atoms with Gasteiger partial charge in [0, 0.05) is 34.3 Å². The third-order valence-corrected chi connectivity index (χ3v) is 11.7. The van der Waals surface area contributed by atoms with E-state index in [0.717, 1.165) is 16.8 Å². The molecule has 0 bridgehead atoms. The number of benzene rings is 8. The highest BCUT2D eigenvalue weighted by atomic mass is 14.7. The summed E-state index contributed by atoms with van der Waals surface area (Å²) in [6.07, 6.45) is 3.80. The molecule has 0 N–H and O–H groups in total. The first-order valence-electron chi connectivity index (χ1n) is 18.4. The summed E-state index contributed by atoms with van der Waals surface area (Å²) >= 11 is 0. The molecular weight excluding hydrogens is 641 g/mol. The van der Waals surface area contributed by atoms with Crippen molar-refractivity contribution in [1.29, 1.82) is 0 Å². The van der Waals surface area contributed by atoms with Crippen LogP contribution >= 0.6 is 0 Å². The molecular formula is C51H34N2. The lowest BCUT2D eigenvalue weighted by Gasteiger charge is -2.25. The van der Waals surface area contributed by atoms with Crippen molar-refractivity contribution in [2.75, 3.05) is 0 Å². The Morgan fingerprint density at radius 1 is 0.453 bits per heavy atom. The van der Waals surface area contributed by atoms with Crippen LogP contribution in [-0.4, -0.2) is 9.97 Å². The molecule has 0 atom stereocenters. The van der Waals surface area contributed by atoms with Crippen LogP contribution < -0.4 is 0 Å². The van der Waals surface area contributed by atoms with Gasteiger partial charge in [-0.05, 0) is 101 Å². The number of fused-ring (bicyclic) bond motifs is 4. The Kier molecular flexibility index (Phi) is 6.33. The smallest absolute Gasteiger partial charge is 0.0759 e. The molecule has 248 valence electrons. The number of rotatable bonds is 4. The zero-order chi connectivity index (χ0) is 35.3. The molecule has 8 aromatic carbocycles. The number of hydrogen-bond acceptors (Lipinski definition) is 2. The fourth-order valence-corrected chi connectivity index (χ4v) is 9.21. The first kappa shape index (κ1) is 30.0. The molecule has 0 aliphatic heterocycles. The lowest BCUT2D eigenvalue weighted by molar-refractivity contribution is 0.662. The van der Waals surface area contributed by atoms with Crippen LogP contribution in [0.2, 0.25) is 0 Å². The Hall–Kier alpha value is -6.64. The predicted octanol–water partition coefficient (Wildman–Crippen LogP) is 13.5. The Morgan fingerprint density at radius 3 is 1.85 bits per heavy atom. The molecule has 2 nitrogen and oxygen atoms in total. The van der Waals surface area contributed by atoms with Gasteiger partial charge in [-0.25, -0.2) is 4.98 Å². The molecule has 0 saturated heterocycles. The van der Waals surface area contributed by atoms with Crippen molar-refractivity contribution in [3.63, 3.8) is 0 Å². The molecule has 0 unspecified atom stereocenters. The summed E-state index contributed by atoms with van der Waals surface area (Å²) in [5.74, 6) is 0. The van der Waals surface area contributed by atoms with Gasteiger partial charge in [-0.1, -0.05) is 153 Å². The summed E-state index contributed by atoms with van der Waals surface area (Å²) in [5, 5.41) is 8.90. The molecule has 1 aliphatic carbocycles. The molecule has 10 aromatic rings. The molecule has 0 fully saturated rings. The van der Waals surface area contributed by atoms with Gasteiger partial charge in [0.2, 0.25) is 0 Å². The van der Waals surface area contributed by atoms with E-state index in [1.54, 1.807) is 0 Å². The van der Waals surface area contributed by atoms with Crippen molar-refractivity contribution in [2.24, 2.45) is 0 Å². The average molecular weight is 675 g/mol. The van der Waals surface area contributed by atoms with Gasteiger partial charge in [0.05, 0.1) is 11.2 Å². The van der Waals surface area contributed by atoms with Gasteiger partial charge in [0.25, 0.3) is 0 Å². The largest absolute Gasteiger partial charge is 0.264 e. The predicted molar refractivity (Wildman–Crippen MR) is 223 cm³/mol. The molecule has 1 aliphatic rings. The van der Waals surface area contributed by atoms with E-state index in [0.29, 0.717) is 0 Å². The summed E-state index contributed by atoms with van der Waals surface area (Å²) in [7, 11) is 0. The highest BCUT2D eigenvalue weighted by Gasteiger charge is 2.39. The maximum Gasteiger partial charge on any atom is 0.0759 e. The number of para-hydroxylation sites is 1. The lowest BCUT2D eigenvalue weighted by Crippen LogP contribution is -2.16. The zero-order valence-corrected chi connectivity index (χ0v) is 29.6. The Morgan fingerprint density at radius 2 is 1.09 bits per heavy atom. The van der Waals surface area contributed by atoms with E-state index < -0.39 is 0 Å². The third-order valence-electron chi connectivity index (χ3n) is 11.7. The monoisotopic (exact) mass is 674 g/mol. The number of pyridine rings is 2. The summed E-state index contributed by atoms with van der Waals surface area (Å²) in [6, 6.07) is 57.9. The van der Waals surface area contributed by atoms with Crippen LogP contribution in [0.5, 0.6) is 0 Å². The molecule has 0 radical (unpaired) electrons. The number of nitrogens with zero attached hydrogens (tertiary/aromatic N) is 2. The summed E-state index contributed by atoms with van der Waals surface area (Å²) in [5.41, 5.74) is 15.6. The van der Waals surface area contributed by atoms with Crippen LogP contribution in [0, 0.1) is 0 Å². The van der Waals surface area contributed by atoms with E-state index in [1.165, 1.54) is 93.3 Å². The van der Waals surface area contributed by atoms with Crippen molar-refractivity contribution < 1.29 is 0 Å². The van der Waals surface area contributed by atoms with Gasteiger partial charge in [0.1, 0.15) is 0 Å². The highest BCUT2D eigenvalue weighted by molar-refractivity contribution is 6.27. The van der Waals surface area contributed by atoms with Gasteiger partial charge >= 0.3 is 0 Å². The average Bonchev–Trinajstić information content (AvgIpc) is 3.44. The summed E-state index contributed by atoms with van der Waals surface area (Å²) < 4.78 is 0. The summed E-state index contributed by atoms with van der Waals surface area (Å²) in [6.45, 7) is 4.69. The molecule has 53 heavy (non-hydrogen) atoms. The Bertz CT molecular complexity index is 3060. The van der Waals surface area contributed by atoms with E-state index in [4.69, 9.17) is 4.98 Å². The normalized spacial score (nSPS) is 13.2.